The Morgan fingerprint density at radius 2 is 2.12 bits per heavy atom. The number of rotatable bonds is 4. The third-order valence-corrected chi connectivity index (χ3v) is 4.66. The molecule has 0 aromatic carbocycles. The minimum atomic E-state index is -0.519. The largest absolute Gasteiger partial charge is 0.338 e. The van der Waals surface area contributed by atoms with Gasteiger partial charge in [0.05, 0.1) is 11.8 Å². The van der Waals surface area contributed by atoms with Gasteiger partial charge in [0, 0.05) is 24.3 Å². The number of carbonyl (C=O) groups is 1. The van der Waals surface area contributed by atoms with Crippen LogP contribution in [0.1, 0.15) is 26.8 Å². The molecule has 0 radical (unpaired) electrons. The van der Waals surface area contributed by atoms with Gasteiger partial charge in [0.1, 0.15) is 16.2 Å². The molecule has 3 aromatic rings. The van der Waals surface area contributed by atoms with Crippen LogP contribution >= 0.6 is 11.3 Å². The van der Waals surface area contributed by atoms with Crippen molar-refractivity contribution in [2.45, 2.75) is 26.8 Å². The van der Waals surface area contributed by atoms with Crippen LogP contribution < -0.4 is 16.2 Å². The zero-order valence-electron chi connectivity index (χ0n) is 14.5. The molecule has 0 fully saturated rings. The Morgan fingerprint density at radius 3 is 2.77 bits per heavy atom. The first kappa shape index (κ1) is 18.0. The van der Waals surface area contributed by atoms with Crippen LogP contribution in [0.3, 0.4) is 0 Å². The molecule has 0 spiro atoms. The smallest absolute Gasteiger partial charge is 0.321 e. The van der Waals surface area contributed by atoms with E-state index >= 15 is 0 Å². The second-order valence-corrected chi connectivity index (χ2v) is 6.89. The summed E-state index contributed by atoms with van der Waals surface area (Å²) in [4.78, 5) is 33.5. The lowest BCUT2D eigenvalue weighted by Gasteiger charge is -2.13. The van der Waals surface area contributed by atoms with Gasteiger partial charge in [-0.2, -0.15) is 0 Å². The standard InChI is InChI=1S/C17H18FN5O2S/c1-4-20-16(25)22-17-21-13-6-12(10-5-11(18)8-19-7-10)14(24)23(9(2)3)15(13)26-17/h5-9H,4H2,1-3H3,(H2,20,21,22,25). The summed E-state index contributed by atoms with van der Waals surface area (Å²) >= 11 is 1.22. The molecule has 7 nitrogen and oxygen atoms in total. The highest BCUT2D eigenvalue weighted by Crippen LogP contribution is 2.29. The fourth-order valence-electron chi connectivity index (χ4n) is 2.60. The van der Waals surface area contributed by atoms with Crippen LogP contribution in [0.15, 0.2) is 29.3 Å². The SMILES string of the molecule is CCNC(=O)Nc1nc2cc(-c3cncc(F)c3)c(=O)n(C(C)C)c2s1. The summed E-state index contributed by atoms with van der Waals surface area (Å²) in [6.45, 7) is 6.06. The Kier molecular flexibility index (Phi) is 4.99. The van der Waals surface area contributed by atoms with Crippen LogP contribution in [0.5, 0.6) is 0 Å². The number of urea groups is 1. The molecule has 136 valence electrons. The van der Waals surface area contributed by atoms with Crippen LogP contribution in [0.4, 0.5) is 14.3 Å². The third-order valence-electron chi connectivity index (χ3n) is 3.67. The monoisotopic (exact) mass is 375 g/mol. The van der Waals surface area contributed by atoms with Crippen molar-refractivity contribution < 1.29 is 9.18 Å². The molecule has 3 heterocycles. The van der Waals surface area contributed by atoms with Crippen molar-refractivity contribution in [1.82, 2.24) is 19.9 Å². The summed E-state index contributed by atoms with van der Waals surface area (Å²) in [5.41, 5.74) is 0.994. The van der Waals surface area contributed by atoms with Gasteiger partial charge in [-0.05, 0) is 32.9 Å². The van der Waals surface area contributed by atoms with E-state index in [4.69, 9.17) is 0 Å². The molecule has 0 aliphatic rings. The fourth-order valence-corrected chi connectivity index (χ4v) is 3.67. The summed E-state index contributed by atoms with van der Waals surface area (Å²) in [6.07, 6.45) is 2.52. The van der Waals surface area contributed by atoms with E-state index in [1.807, 2.05) is 20.8 Å². The number of pyridine rings is 2. The summed E-state index contributed by atoms with van der Waals surface area (Å²) in [7, 11) is 0. The number of anilines is 1. The molecule has 26 heavy (non-hydrogen) atoms. The van der Waals surface area contributed by atoms with E-state index in [1.54, 1.807) is 10.6 Å². The van der Waals surface area contributed by atoms with Crippen molar-refractivity contribution in [2.75, 3.05) is 11.9 Å². The maximum Gasteiger partial charge on any atom is 0.321 e. The predicted molar refractivity (Wildman–Crippen MR) is 100 cm³/mol. The van der Waals surface area contributed by atoms with Crippen molar-refractivity contribution in [3.05, 3.63) is 40.7 Å². The number of hydrogen-bond donors (Lipinski definition) is 2. The number of amides is 2. The first-order valence-corrected chi connectivity index (χ1v) is 8.94. The minimum absolute atomic E-state index is 0.135. The Hall–Kier alpha value is -2.81. The van der Waals surface area contributed by atoms with E-state index in [2.05, 4.69) is 20.6 Å². The van der Waals surface area contributed by atoms with E-state index in [-0.39, 0.29) is 17.6 Å². The first-order chi connectivity index (χ1) is 12.4. The second kappa shape index (κ2) is 7.20. The van der Waals surface area contributed by atoms with Crippen molar-refractivity contribution in [1.29, 1.82) is 0 Å². The molecule has 2 N–H and O–H groups in total. The van der Waals surface area contributed by atoms with Gasteiger partial charge in [0.25, 0.3) is 5.56 Å². The maximum absolute atomic E-state index is 13.5. The van der Waals surface area contributed by atoms with Crippen molar-refractivity contribution in [3.63, 3.8) is 0 Å². The number of halogens is 1. The minimum Gasteiger partial charge on any atom is -0.338 e. The number of thiazole rings is 1. The highest BCUT2D eigenvalue weighted by Gasteiger charge is 2.18. The lowest BCUT2D eigenvalue weighted by molar-refractivity contribution is 0.252. The molecule has 0 bridgehead atoms. The van der Waals surface area contributed by atoms with Gasteiger partial charge in [-0.25, -0.2) is 14.2 Å². The molecule has 9 heteroatoms. The number of aromatic nitrogens is 3. The van der Waals surface area contributed by atoms with Crippen LogP contribution in [0, 0.1) is 5.82 Å². The fraction of sp³-hybridized carbons (Fsp3) is 0.294. The van der Waals surface area contributed by atoms with E-state index in [0.717, 1.165) is 6.20 Å². The van der Waals surface area contributed by atoms with E-state index in [9.17, 15) is 14.0 Å². The number of hydrogen-bond acceptors (Lipinski definition) is 5. The second-order valence-electron chi connectivity index (χ2n) is 5.91. The van der Waals surface area contributed by atoms with Gasteiger partial charge in [-0.3, -0.25) is 19.7 Å². The molecule has 0 saturated carbocycles. The maximum atomic E-state index is 13.5. The average molecular weight is 375 g/mol. The first-order valence-electron chi connectivity index (χ1n) is 8.12. The van der Waals surface area contributed by atoms with Gasteiger partial charge in [-0.1, -0.05) is 11.3 Å². The lowest BCUT2D eigenvalue weighted by atomic mass is 10.1. The molecular formula is C17H18FN5O2S. The lowest BCUT2D eigenvalue weighted by Crippen LogP contribution is -2.28. The Labute approximate surface area is 152 Å². The van der Waals surface area contributed by atoms with Crippen LogP contribution in [0.25, 0.3) is 21.5 Å². The number of nitrogens with zero attached hydrogens (tertiary/aromatic N) is 3. The zero-order valence-corrected chi connectivity index (χ0v) is 15.4. The highest BCUT2D eigenvalue weighted by molar-refractivity contribution is 7.22. The van der Waals surface area contributed by atoms with E-state index < -0.39 is 5.82 Å². The molecule has 0 unspecified atom stereocenters. The van der Waals surface area contributed by atoms with E-state index in [1.165, 1.54) is 23.6 Å². The molecule has 3 aromatic heterocycles. The zero-order chi connectivity index (χ0) is 18.8. The summed E-state index contributed by atoms with van der Waals surface area (Å²) in [5.74, 6) is -0.519. The molecule has 3 rings (SSSR count). The van der Waals surface area contributed by atoms with Crippen LogP contribution in [-0.2, 0) is 0 Å². The van der Waals surface area contributed by atoms with Crippen molar-refractivity contribution >= 4 is 32.8 Å². The van der Waals surface area contributed by atoms with Crippen molar-refractivity contribution in [2.24, 2.45) is 0 Å². The summed E-state index contributed by atoms with van der Waals surface area (Å²) in [6, 6.07) is 2.37. The predicted octanol–water partition coefficient (Wildman–Crippen LogP) is 3.38. The normalized spacial score (nSPS) is 11.1. The quantitative estimate of drug-likeness (QED) is 0.732. The van der Waals surface area contributed by atoms with Gasteiger partial charge >= 0.3 is 6.03 Å². The Morgan fingerprint density at radius 1 is 1.35 bits per heavy atom. The van der Waals surface area contributed by atoms with Gasteiger partial charge in [-0.15, -0.1) is 0 Å². The topological polar surface area (TPSA) is 88.9 Å². The van der Waals surface area contributed by atoms with Crippen LogP contribution in [0.2, 0.25) is 0 Å². The summed E-state index contributed by atoms with van der Waals surface area (Å²) < 4.78 is 15.1. The molecular weight excluding hydrogens is 357 g/mol. The van der Waals surface area contributed by atoms with E-state index in [0.29, 0.717) is 33.2 Å². The number of nitrogens with one attached hydrogen (secondary N) is 2. The third kappa shape index (κ3) is 3.43. The average Bonchev–Trinajstić information content (AvgIpc) is 2.95. The van der Waals surface area contributed by atoms with Crippen LogP contribution in [-0.4, -0.2) is 27.1 Å². The highest BCUT2D eigenvalue weighted by atomic mass is 32.1. The molecule has 0 aliphatic carbocycles. The molecule has 2 amide bonds. The van der Waals surface area contributed by atoms with Crippen molar-refractivity contribution in [3.8, 4) is 11.1 Å². The number of fused-ring (bicyclic) bond motifs is 1. The van der Waals surface area contributed by atoms with Gasteiger partial charge in [0.2, 0.25) is 0 Å². The van der Waals surface area contributed by atoms with Gasteiger partial charge in [0.15, 0.2) is 5.13 Å². The number of carbonyl (C=O) groups excluding carboxylic acids is 1. The summed E-state index contributed by atoms with van der Waals surface area (Å²) in [5, 5.41) is 5.67. The van der Waals surface area contributed by atoms with Gasteiger partial charge < -0.3 is 5.32 Å². The Bertz CT molecular complexity index is 1030. The molecule has 0 saturated heterocycles. The molecule has 0 aliphatic heterocycles. The Balaban J connectivity index is 2.18. The molecule has 0 atom stereocenters.